The Labute approximate surface area is 116 Å². The Morgan fingerprint density at radius 3 is 2.37 bits per heavy atom. The SMILES string of the molecule is CC(C)(C)C1C(=O)N(C(C)(C)C)Cc2cnccc21. The van der Waals surface area contributed by atoms with E-state index in [2.05, 4.69) is 46.5 Å². The van der Waals surface area contributed by atoms with Gasteiger partial charge in [0.25, 0.3) is 0 Å². The molecule has 2 heterocycles. The smallest absolute Gasteiger partial charge is 0.231 e. The first-order chi connectivity index (χ1) is 8.62. The van der Waals surface area contributed by atoms with Gasteiger partial charge >= 0.3 is 0 Å². The Morgan fingerprint density at radius 2 is 1.84 bits per heavy atom. The van der Waals surface area contributed by atoms with Gasteiger partial charge in [-0.25, -0.2) is 0 Å². The largest absolute Gasteiger partial charge is 0.333 e. The third kappa shape index (κ3) is 2.51. The van der Waals surface area contributed by atoms with Gasteiger partial charge in [-0.1, -0.05) is 20.8 Å². The summed E-state index contributed by atoms with van der Waals surface area (Å²) < 4.78 is 0. The highest BCUT2D eigenvalue weighted by atomic mass is 16.2. The average molecular weight is 260 g/mol. The Balaban J connectivity index is 2.56. The van der Waals surface area contributed by atoms with Crippen molar-refractivity contribution in [1.29, 1.82) is 0 Å². The minimum absolute atomic E-state index is 0.0847. The highest BCUT2D eigenvalue weighted by Crippen LogP contribution is 2.42. The molecule has 0 aliphatic carbocycles. The quantitative estimate of drug-likeness (QED) is 0.716. The summed E-state index contributed by atoms with van der Waals surface area (Å²) in [5.41, 5.74) is 2.08. The summed E-state index contributed by atoms with van der Waals surface area (Å²) in [6.07, 6.45) is 3.69. The number of pyridine rings is 1. The van der Waals surface area contributed by atoms with Crippen molar-refractivity contribution < 1.29 is 4.79 Å². The van der Waals surface area contributed by atoms with Crippen LogP contribution in [0.2, 0.25) is 0 Å². The van der Waals surface area contributed by atoms with E-state index < -0.39 is 0 Å². The van der Waals surface area contributed by atoms with Crippen LogP contribution in [0.25, 0.3) is 0 Å². The molecule has 1 aromatic rings. The molecule has 1 aliphatic heterocycles. The number of hydrogen-bond donors (Lipinski definition) is 0. The van der Waals surface area contributed by atoms with Crippen molar-refractivity contribution in [3.8, 4) is 0 Å². The summed E-state index contributed by atoms with van der Waals surface area (Å²) in [6, 6.07) is 2.00. The van der Waals surface area contributed by atoms with Gasteiger partial charge in [0.15, 0.2) is 0 Å². The standard InChI is InChI=1S/C16H24N2O/c1-15(2,3)13-12-7-8-17-9-11(12)10-18(14(13)19)16(4,5)6/h7-9,13H,10H2,1-6H3. The second-order valence-electron chi connectivity index (χ2n) is 7.47. The predicted octanol–water partition coefficient (Wildman–Crippen LogP) is 3.35. The van der Waals surface area contributed by atoms with Crippen molar-refractivity contribution in [1.82, 2.24) is 9.88 Å². The highest BCUT2D eigenvalue weighted by Gasteiger charge is 2.43. The fourth-order valence-corrected chi connectivity index (χ4v) is 2.79. The molecule has 0 saturated carbocycles. The average Bonchev–Trinajstić information content (AvgIpc) is 2.24. The molecular formula is C16H24N2O. The van der Waals surface area contributed by atoms with Gasteiger partial charge in [-0.05, 0) is 43.4 Å². The Bertz CT molecular complexity index is 494. The maximum Gasteiger partial charge on any atom is 0.231 e. The summed E-state index contributed by atoms with van der Waals surface area (Å²) in [5.74, 6) is 0.150. The fourth-order valence-electron chi connectivity index (χ4n) is 2.79. The van der Waals surface area contributed by atoms with Crippen molar-refractivity contribution in [2.24, 2.45) is 5.41 Å². The number of aromatic nitrogens is 1. The molecule has 104 valence electrons. The van der Waals surface area contributed by atoms with E-state index in [1.54, 1.807) is 6.20 Å². The molecule has 1 atom stereocenters. The topological polar surface area (TPSA) is 33.2 Å². The van der Waals surface area contributed by atoms with Crippen molar-refractivity contribution in [3.63, 3.8) is 0 Å². The van der Waals surface area contributed by atoms with E-state index in [9.17, 15) is 4.79 Å². The number of fused-ring (bicyclic) bond motifs is 1. The number of carbonyl (C=O) groups excluding carboxylic acids is 1. The molecule has 3 nitrogen and oxygen atoms in total. The molecule has 0 spiro atoms. The van der Waals surface area contributed by atoms with Crippen LogP contribution in [0, 0.1) is 5.41 Å². The zero-order valence-electron chi connectivity index (χ0n) is 12.8. The third-order valence-corrected chi connectivity index (χ3v) is 3.77. The minimum atomic E-state index is -0.159. The van der Waals surface area contributed by atoms with Gasteiger partial charge in [0.1, 0.15) is 0 Å². The normalized spacial score (nSPS) is 20.4. The van der Waals surface area contributed by atoms with E-state index in [0.717, 1.165) is 5.56 Å². The third-order valence-electron chi connectivity index (χ3n) is 3.77. The summed E-state index contributed by atoms with van der Waals surface area (Å²) in [4.78, 5) is 19.1. The predicted molar refractivity (Wildman–Crippen MR) is 76.7 cm³/mol. The van der Waals surface area contributed by atoms with Gasteiger partial charge < -0.3 is 4.90 Å². The first kappa shape index (κ1) is 14.0. The van der Waals surface area contributed by atoms with Gasteiger partial charge in [0.2, 0.25) is 5.91 Å². The molecule has 3 heteroatoms. The van der Waals surface area contributed by atoms with E-state index in [4.69, 9.17) is 0 Å². The summed E-state index contributed by atoms with van der Waals surface area (Å²) in [5, 5.41) is 0. The van der Waals surface area contributed by atoms with Crippen molar-refractivity contribution >= 4 is 5.91 Å². The van der Waals surface area contributed by atoms with Crippen LogP contribution in [-0.2, 0) is 11.3 Å². The van der Waals surface area contributed by atoms with Crippen LogP contribution in [-0.4, -0.2) is 21.3 Å². The van der Waals surface area contributed by atoms with E-state index in [0.29, 0.717) is 6.54 Å². The molecule has 0 bridgehead atoms. The zero-order chi connectivity index (χ0) is 14.4. The minimum Gasteiger partial charge on any atom is -0.333 e. The molecule has 0 radical (unpaired) electrons. The highest BCUT2D eigenvalue weighted by molar-refractivity contribution is 5.87. The molecule has 2 rings (SSSR count). The second kappa shape index (κ2) is 4.32. The van der Waals surface area contributed by atoms with Crippen molar-refractivity contribution in [2.75, 3.05) is 0 Å². The number of amides is 1. The number of hydrogen-bond acceptors (Lipinski definition) is 2. The maximum atomic E-state index is 12.9. The molecule has 1 aromatic heterocycles. The van der Waals surface area contributed by atoms with Crippen LogP contribution < -0.4 is 0 Å². The Morgan fingerprint density at radius 1 is 1.21 bits per heavy atom. The van der Waals surface area contributed by atoms with Gasteiger partial charge in [0, 0.05) is 24.5 Å². The monoisotopic (exact) mass is 260 g/mol. The Hall–Kier alpha value is -1.38. The van der Waals surface area contributed by atoms with Crippen LogP contribution in [0.15, 0.2) is 18.5 Å². The lowest BCUT2D eigenvalue weighted by atomic mass is 9.72. The van der Waals surface area contributed by atoms with Crippen LogP contribution in [0.5, 0.6) is 0 Å². The van der Waals surface area contributed by atoms with Crippen molar-refractivity contribution in [3.05, 3.63) is 29.6 Å². The van der Waals surface area contributed by atoms with Gasteiger partial charge in [-0.2, -0.15) is 0 Å². The molecular weight excluding hydrogens is 236 g/mol. The second-order valence-corrected chi connectivity index (χ2v) is 7.47. The maximum absolute atomic E-state index is 12.9. The van der Waals surface area contributed by atoms with Crippen LogP contribution in [0.4, 0.5) is 0 Å². The summed E-state index contributed by atoms with van der Waals surface area (Å²) in [7, 11) is 0. The molecule has 1 aliphatic rings. The van der Waals surface area contributed by atoms with Gasteiger partial charge in [-0.3, -0.25) is 9.78 Å². The van der Waals surface area contributed by atoms with E-state index in [-0.39, 0.29) is 22.8 Å². The van der Waals surface area contributed by atoms with E-state index >= 15 is 0 Å². The lowest BCUT2D eigenvalue weighted by molar-refractivity contribution is -0.142. The number of nitrogens with zero attached hydrogens (tertiary/aromatic N) is 2. The number of rotatable bonds is 0. The van der Waals surface area contributed by atoms with Crippen LogP contribution in [0.1, 0.15) is 58.6 Å². The number of carbonyl (C=O) groups is 1. The molecule has 0 N–H and O–H groups in total. The lowest BCUT2D eigenvalue weighted by Gasteiger charge is -2.45. The molecule has 0 fully saturated rings. The molecule has 0 saturated heterocycles. The van der Waals surface area contributed by atoms with Crippen LogP contribution >= 0.6 is 0 Å². The summed E-state index contributed by atoms with van der Waals surface area (Å²) >= 11 is 0. The fraction of sp³-hybridized carbons (Fsp3) is 0.625. The van der Waals surface area contributed by atoms with E-state index in [1.165, 1.54) is 5.56 Å². The molecule has 1 unspecified atom stereocenters. The summed E-state index contributed by atoms with van der Waals surface area (Å²) in [6.45, 7) is 13.3. The first-order valence-electron chi connectivity index (χ1n) is 6.86. The first-order valence-corrected chi connectivity index (χ1v) is 6.86. The molecule has 19 heavy (non-hydrogen) atoms. The lowest BCUT2D eigenvalue weighted by Crippen LogP contribution is -2.52. The van der Waals surface area contributed by atoms with E-state index in [1.807, 2.05) is 17.2 Å². The molecule has 0 aromatic carbocycles. The van der Waals surface area contributed by atoms with Gasteiger partial charge in [-0.15, -0.1) is 0 Å². The molecule has 1 amide bonds. The van der Waals surface area contributed by atoms with Crippen molar-refractivity contribution in [2.45, 2.75) is 59.5 Å². The van der Waals surface area contributed by atoms with Crippen LogP contribution in [0.3, 0.4) is 0 Å². The zero-order valence-corrected chi connectivity index (χ0v) is 12.8. The Kier molecular flexibility index (Phi) is 3.20. The van der Waals surface area contributed by atoms with Gasteiger partial charge in [0.05, 0.1) is 5.92 Å².